The number of hydrogen-bond donors (Lipinski definition) is 0. The molecule has 0 N–H and O–H groups in total. The average molecular weight is 176 g/mol. The van der Waals surface area contributed by atoms with E-state index in [9.17, 15) is 13.2 Å². The Morgan fingerprint density at radius 2 is 1.91 bits per heavy atom. The van der Waals surface area contributed by atoms with Crippen LogP contribution in [0, 0.1) is 0 Å². The van der Waals surface area contributed by atoms with Crippen molar-refractivity contribution in [2.45, 2.75) is 31.4 Å². The van der Waals surface area contributed by atoms with Crippen LogP contribution in [-0.4, -0.2) is 24.7 Å². The Balaban J connectivity index is 2.99. The van der Waals surface area contributed by atoms with Gasteiger partial charge in [0.25, 0.3) is 0 Å². The van der Waals surface area contributed by atoms with Gasteiger partial charge in [-0.15, -0.1) is 0 Å². The summed E-state index contributed by atoms with van der Waals surface area (Å²) in [5, 5.41) is 0. The molecule has 1 aliphatic heterocycles. The number of carbonyl (C=O) groups is 1. The molecule has 0 aliphatic carbocycles. The molecule has 1 saturated heterocycles. The Morgan fingerprint density at radius 1 is 1.36 bits per heavy atom. The van der Waals surface area contributed by atoms with Gasteiger partial charge in [0.1, 0.15) is 5.78 Å². The first kappa shape index (κ1) is 8.71. The minimum Gasteiger partial charge on any atom is -0.300 e. The standard InChI is InChI=1S/C7H12O3S/c1-7(2)5-6(8)3-4-11(7,9)10/h3-5H2,1-2H3. The van der Waals surface area contributed by atoms with E-state index in [4.69, 9.17) is 0 Å². The summed E-state index contributed by atoms with van der Waals surface area (Å²) in [6.07, 6.45) is 0.376. The maximum Gasteiger partial charge on any atom is 0.156 e. The van der Waals surface area contributed by atoms with Gasteiger partial charge in [0, 0.05) is 12.8 Å². The molecule has 0 saturated carbocycles. The van der Waals surface area contributed by atoms with E-state index in [2.05, 4.69) is 0 Å². The molecule has 1 rings (SSSR count). The fourth-order valence-corrected chi connectivity index (χ4v) is 2.63. The highest BCUT2D eigenvalue weighted by molar-refractivity contribution is 7.92. The van der Waals surface area contributed by atoms with Crippen LogP contribution in [-0.2, 0) is 14.6 Å². The Morgan fingerprint density at radius 3 is 2.27 bits per heavy atom. The third-order valence-electron chi connectivity index (χ3n) is 2.11. The quantitative estimate of drug-likeness (QED) is 0.541. The first-order chi connectivity index (χ1) is 4.85. The summed E-state index contributed by atoms with van der Waals surface area (Å²) >= 11 is 0. The summed E-state index contributed by atoms with van der Waals surface area (Å²) in [4.78, 5) is 10.9. The maximum absolute atomic E-state index is 11.3. The Labute approximate surface area is 66.7 Å². The second-order valence-corrected chi connectivity index (χ2v) is 6.29. The average Bonchev–Trinajstić information content (AvgIpc) is 1.80. The molecule has 0 bridgehead atoms. The van der Waals surface area contributed by atoms with Gasteiger partial charge < -0.3 is 0 Å². The van der Waals surface area contributed by atoms with Gasteiger partial charge in [-0.1, -0.05) is 0 Å². The maximum atomic E-state index is 11.3. The van der Waals surface area contributed by atoms with E-state index in [1.165, 1.54) is 0 Å². The first-order valence-electron chi connectivity index (χ1n) is 3.59. The highest BCUT2D eigenvalue weighted by Gasteiger charge is 2.39. The third-order valence-corrected chi connectivity index (χ3v) is 4.68. The van der Waals surface area contributed by atoms with E-state index in [0.29, 0.717) is 0 Å². The van der Waals surface area contributed by atoms with Gasteiger partial charge >= 0.3 is 0 Å². The molecule has 4 heteroatoms. The second-order valence-electron chi connectivity index (χ2n) is 3.54. The van der Waals surface area contributed by atoms with Crippen molar-refractivity contribution >= 4 is 15.6 Å². The van der Waals surface area contributed by atoms with Gasteiger partial charge in [0.2, 0.25) is 0 Å². The molecule has 0 aromatic heterocycles. The van der Waals surface area contributed by atoms with Crippen LogP contribution in [0.4, 0.5) is 0 Å². The van der Waals surface area contributed by atoms with Crippen LogP contribution < -0.4 is 0 Å². The van der Waals surface area contributed by atoms with E-state index in [0.717, 1.165) is 0 Å². The summed E-state index contributed by atoms with van der Waals surface area (Å²) in [6.45, 7) is 3.22. The minimum atomic E-state index is -3.01. The summed E-state index contributed by atoms with van der Waals surface area (Å²) in [5.74, 6) is 0.0866. The van der Waals surface area contributed by atoms with E-state index in [1.54, 1.807) is 13.8 Å². The monoisotopic (exact) mass is 176 g/mol. The van der Waals surface area contributed by atoms with Crippen molar-refractivity contribution in [1.82, 2.24) is 0 Å². The molecular formula is C7H12O3S. The topological polar surface area (TPSA) is 51.2 Å². The van der Waals surface area contributed by atoms with Crippen molar-refractivity contribution in [2.24, 2.45) is 0 Å². The predicted molar refractivity (Wildman–Crippen MR) is 42.1 cm³/mol. The molecule has 0 atom stereocenters. The molecular weight excluding hydrogens is 164 g/mol. The van der Waals surface area contributed by atoms with Gasteiger partial charge in [0.05, 0.1) is 10.5 Å². The van der Waals surface area contributed by atoms with E-state index >= 15 is 0 Å². The van der Waals surface area contributed by atoms with Crippen LogP contribution in [0.15, 0.2) is 0 Å². The van der Waals surface area contributed by atoms with Gasteiger partial charge in [-0.05, 0) is 13.8 Å². The van der Waals surface area contributed by atoms with Crippen molar-refractivity contribution in [3.63, 3.8) is 0 Å². The SMILES string of the molecule is CC1(C)CC(=O)CCS1(=O)=O. The summed E-state index contributed by atoms with van der Waals surface area (Å²) in [7, 11) is -3.01. The molecule has 0 unspecified atom stereocenters. The van der Waals surface area contributed by atoms with Crippen molar-refractivity contribution in [3.05, 3.63) is 0 Å². The predicted octanol–water partition coefficient (Wildman–Crippen LogP) is 0.543. The van der Waals surface area contributed by atoms with Gasteiger partial charge in [-0.3, -0.25) is 4.79 Å². The van der Waals surface area contributed by atoms with E-state index in [1.807, 2.05) is 0 Å². The normalized spacial score (nSPS) is 28.4. The highest BCUT2D eigenvalue weighted by atomic mass is 32.2. The fraction of sp³-hybridized carbons (Fsp3) is 0.857. The summed E-state index contributed by atoms with van der Waals surface area (Å²) in [6, 6.07) is 0. The molecule has 0 amide bonds. The summed E-state index contributed by atoms with van der Waals surface area (Å²) < 4.78 is 21.8. The van der Waals surface area contributed by atoms with Crippen molar-refractivity contribution in [3.8, 4) is 0 Å². The molecule has 0 spiro atoms. The van der Waals surface area contributed by atoms with Crippen LogP contribution in [0.5, 0.6) is 0 Å². The summed E-state index contributed by atoms with van der Waals surface area (Å²) in [5.41, 5.74) is 0. The number of sulfone groups is 1. The lowest BCUT2D eigenvalue weighted by Gasteiger charge is -2.27. The smallest absolute Gasteiger partial charge is 0.156 e. The fourth-order valence-electron chi connectivity index (χ4n) is 1.20. The van der Waals surface area contributed by atoms with E-state index in [-0.39, 0.29) is 24.4 Å². The number of carbonyl (C=O) groups excluding carboxylic acids is 1. The number of Topliss-reactive ketones (excluding diaryl/α,β-unsaturated/α-hetero) is 1. The molecule has 0 radical (unpaired) electrons. The zero-order valence-corrected chi connectivity index (χ0v) is 7.57. The molecule has 1 heterocycles. The molecule has 0 aromatic rings. The highest BCUT2D eigenvalue weighted by Crippen LogP contribution is 2.27. The Bertz CT molecular complexity index is 274. The largest absolute Gasteiger partial charge is 0.300 e. The van der Waals surface area contributed by atoms with Crippen molar-refractivity contribution < 1.29 is 13.2 Å². The van der Waals surface area contributed by atoms with Crippen LogP contribution in [0.2, 0.25) is 0 Å². The number of ketones is 1. The zero-order chi connectivity index (χ0) is 8.70. The van der Waals surface area contributed by atoms with Gasteiger partial charge in [0.15, 0.2) is 9.84 Å². The molecule has 64 valence electrons. The number of rotatable bonds is 0. The molecule has 3 nitrogen and oxygen atoms in total. The van der Waals surface area contributed by atoms with Crippen LogP contribution in [0.1, 0.15) is 26.7 Å². The lowest BCUT2D eigenvalue weighted by Crippen LogP contribution is -2.41. The van der Waals surface area contributed by atoms with Gasteiger partial charge in [-0.25, -0.2) is 8.42 Å². The minimum absolute atomic E-state index is 0.0266. The first-order valence-corrected chi connectivity index (χ1v) is 5.24. The third kappa shape index (κ3) is 1.45. The zero-order valence-electron chi connectivity index (χ0n) is 6.75. The lowest BCUT2D eigenvalue weighted by molar-refractivity contribution is -0.119. The lowest BCUT2D eigenvalue weighted by atomic mass is 10.0. The van der Waals surface area contributed by atoms with Gasteiger partial charge in [-0.2, -0.15) is 0 Å². The Hall–Kier alpha value is -0.380. The molecule has 0 aromatic carbocycles. The van der Waals surface area contributed by atoms with Crippen molar-refractivity contribution in [2.75, 3.05) is 5.75 Å². The van der Waals surface area contributed by atoms with Crippen LogP contribution in [0.25, 0.3) is 0 Å². The molecule has 11 heavy (non-hydrogen) atoms. The number of hydrogen-bond acceptors (Lipinski definition) is 3. The van der Waals surface area contributed by atoms with Crippen LogP contribution in [0.3, 0.4) is 0 Å². The Kier molecular flexibility index (Phi) is 1.82. The molecule has 1 aliphatic rings. The second kappa shape index (κ2) is 2.30. The molecule has 1 fully saturated rings. The van der Waals surface area contributed by atoms with Crippen molar-refractivity contribution in [1.29, 1.82) is 0 Å². The van der Waals surface area contributed by atoms with Crippen LogP contribution >= 0.6 is 0 Å². The van der Waals surface area contributed by atoms with E-state index < -0.39 is 14.6 Å².